The van der Waals surface area contributed by atoms with Crippen molar-refractivity contribution in [3.63, 3.8) is 0 Å². The lowest BCUT2D eigenvalue weighted by atomic mass is 9.81. The fourth-order valence-electron chi connectivity index (χ4n) is 5.26. The molecule has 3 aromatic rings. The van der Waals surface area contributed by atoms with Crippen molar-refractivity contribution in [1.82, 2.24) is 9.80 Å². The Bertz CT molecular complexity index is 1210. The quantitative estimate of drug-likeness (QED) is 0.485. The Balaban J connectivity index is 1.44. The van der Waals surface area contributed by atoms with Crippen molar-refractivity contribution in [2.75, 3.05) is 58.5 Å². The number of methoxy groups -OCH3 is 2. The first-order valence-corrected chi connectivity index (χ1v) is 13.1. The smallest absolute Gasteiger partial charge is 0.254 e. The predicted molar refractivity (Wildman–Crippen MR) is 141 cm³/mol. The standard InChI is InChI=1S/C28H31N3O4S/c1-34-17-16-31-26(24-11-6-18-36-24)25(22-9-3-4-10-23(22)27(31)32)28(33)30-14-12-29(13-15-30)20-7-5-8-21(19-20)35-2/h3-11,18-19,25-26H,12-17H2,1-2H3/t25-,26+/m0/s1. The van der Waals surface area contributed by atoms with Gasteiger partial charge in [0.1, 0.15) is 5.75 Å². The van der Waals surface area contributed by atoms with Gasteiger partial charge in [0.05, 0.1) is 25.7 Å². The maximum atomic E-state index is 14.2. The molecule has 1 saturated heterocycles. The molecule has 2 atom stereocenters. The number of thiophene rings is 1. The Morgan fingerprint density at radius 1 is 1.00 bits per heavy atom. The molecule has 2 aliphatic rings. The van der Waals surface area contributed by atoms with Crippen LogP contribution >= 0.6 is 11.3 Å². The van der Waals surface area contributed by atoms with E-state index in [1.807, 2.05) is 69.8 Å². The van der Waals surface area contributed by atoms with Crippen LogP contribution < -0.4 is 9.64 Å². The lowest BCUT2D eigenvalue weighted by molar-refractivity contribution is -0.135. The van der Waals surface area contributed by atoms with Crippen molar-refractivity contribution in [2.24, 2.45) is 0 Å². The van der Waals surface area contributed by atoms with E-state index in [1.54, 1.807) is 25.6 Å². The topological polar surface area (TPSA) is 62.3 Å². The minimum Gasteiger partial charge on any atom is -0.497 e. The first kappa shape index (κ1) is 24.3. The van der Waals surface area contributed by atoms with Crippen LogP contribution in [-0.4, -0.2) is 75.2 Å². The van der Waals surface area contributed by atoms with Gasteiger partial charge in [-0.2, -0.15) is 0 Å². The summed E-state index contributed by atoms with van der Waals surface area (Å²) in [5, 5.41) is 2.00. The van der Waals surface area contributed by atoms with E-state index in [9.17, 15) is 9.59 Å². The molecule has 1 aromatic heterocycles. The number of anilines is 1. The van der Waals surface area contributed by atoms with E-state index in [2.05, 4.69) is 11.0 Å². The van der Waals surface area contributed by atoms with Gasteiger partial charge in [0, 0.05) is 62.0 Å². The number of hydrogen-bond acceptors (Lipinski definition) is 6. The average molecular weight is 506 g/mol. The van der Waals surface area contributed by atoms with Crippen LogP contribution in [0.15, 0.2) is 66.0 Å². The number of ether oxygens (including phenoxy) is 2. The molecule has 7 nitrogen and oxygen atoms in total. The zero-order valence-electron chi connectivity index (χ0n) is 20.6. The van der Waals surface area contributed by atoms with E-state index in [1.165, 1.54) is 0 Å². The van der Waals surface area contributed by atoms with Crippen LogP contribution in [0.25, 0.3) is 0 Å². The molecular formula is C28H31N3O4S. The number of rotatable bonds is 7. The summed E-state index contributed by atoms with van der Waals surface area (Å²) in [7, 11) is 3.30. The van der Waals surface area contributed by atoms with Crippen LogP contribution in [0, 0.1) is 0 Å². The average Bonchev–Trinajstić information content (AvgIpc) is 3.47. The summed E-state index contributed by atoms with van der Waals surface area (Å²) in [6, 6.07) is 19.2. The molecule has 0 unspecified atom stereocenters. The van der Waals surface area contributed by atoms with E-state index in [-0.39, 0.29) is 17.9 Å². The fourth-order valence-corrected chi connectivity index (χ4v) is 6.13. The van der Waals surface area contributed by atoms with Crippen LogP contribution in [0.3, 0.4) is 0 Å². The second-order valence-corrected chi connectivity index (χ2v) is 10.0. The highest BCUT2D eigenvalue weighted by Gasteiger charge is 2.46. The van der Waals surface area contributed by atoms with Crippen LogP contribution in [0.5, 0.6) is 5.75 Å². The summed E-state index contributed by atoms with van der Waals surface area (Å²) in [6.07, 6.45) is 0. The molecule has 36 heavy (non-hydrogen) atoms. The van der Waals surface area contributed by atoms with Crippen LogP contribution in [-0.2, 0) is 9.53 Å². The first-order chi connectivity index (χ1) is 17.6. The van der Waals surface area contributed by atoms with Crippen molar-refractivity contribution in [3.05, 3.63) is 82.0 Å². The first-order valence-electron chi connectivity index (χ1n) is 12.2. The van der Waals surface area contributed by atoms with Crippen molar-refractivity contribution in [3.8, 4) is 5.75 Å². The number of piperazine rings is 1. The molecule has 0 spiro atoms. The molecule has 0 aliphatic carbocycles. The number of nitrogens with zero attached hydrogens (tertiary/aromatic N) is 3. The number of carbonyl (C=O) groups excluding carboxylic acids is 2. The summed E-state index contributed by atoms with van der Waals surface area (Å²) >= 11 is 1.59. The number of benzene rings is 2. The molecule has 2 aliphatic heterocycles. The highest BCUT2D eigenvalue weighted by Crippen LogP contribution is 2.45. The lowest BCUT2D eigenvalue weighted by Gasteiger charge is -2.44. The summed E-state index contributed by atoms with van der Waals surface area (Å²) in [5.41, 5.74) is 2.52. The molecule has 0 N–H and O–H groups in total. The molecule has 0 radical (unpaired) electrons. The molecule has 2 aromatic carbocycles. The van der Waals surface area contributed by atoms with Crippen molar-refractivity contribution in [2.45, 2.75) is 12.0 Å². The van der Waals surface area contributed by atoms with E-state index in [0.29, 0.717) is 31.8 Å². The second kappa shape index (κ2) is 10.7. The Kier molecular flexibility index (Phi) is 7.25. The maximum absolute atomic E-state index is 14.2. The Morgan fingerprint density at radius 3 is 2.53 bits per heavy atom. The molecule has 0 saturated carbocycles. The highest BCUT2D eigenvalue weighted by atomic mass is 32.1. The molecule has 188 valence electrons. The Morgan fingerprint density at radius 2 is 1.81 bits per heavy atom. The molecule has 3 heterocycles. The van der Waals surface area contributed by atoms with Gasteiger partial charge in [-0.1, -0.05) is 30.3 Å². The van der Waals surface area contributed by atoms with Gasteiger partial charge in [0.25, 0.3) is 5.91 Å². The van der Waals surface area contributed by atoms with E-state index in [0.717, 1.165) is 35.0 Å². The minimum atomic E-state index is -0.460. The molecule has 1 fully saturated rings. The van der Waals surface area contributed by atoms with E-state index >= 15 is 0 Å². The predicted octanol–water partition coefficient (Wildman–Crippen LogP) is 4.03. The van der Waals surface area contributed by atoms with Gasteiger partial charge < -0.3 is 24.2 Å². The third kappa shape index (κ3) is 4.58. The van der Waals surface area contributed by atoms with Crippen molar-refractivity contribution in [1.29, 1.82) is 0 Å². The number of hydrogen-bond donors (Lipinski definition) is 0. The number of amides is 2. The Labute approximate surface area is 215 Å². The number of carbonyl (C=O) groups is 2. The van der Waals surface area contributed by atoms with Crippen LogP contribution in [0.1, 0.15) is 32.8 Å². The van der Waals surface area contributed by atoms with Gasteiger partial charge in [-0.25, -0.2) is 0 Å². The highest BCUT2D eigenvalue weighted by molar-refractivity contribution is 7.10. The van der Waals surface area contributed by atoms with Crippen molar-refractivity contribution >= 4 is 28.8 Å². The third-order valence-electron chi connectivity index (χ3n) is 7.09. The zero-order valence-corrected chi connectivity index (χ0v) is 21.4. The monoisotopic (exact) mass is 505 g/mol. The third-order valence-corrected chi connectivity index (χ3v) is 8.03. The molecule has 0 bridgehead atoms. The van der Waals surface area contributed by atoms with Gasteiger partial charge in [-0.15, -0.1) is 11.3 Å². The van der Waals surface area contributed by atoms with Gasteiger partial charge in [-0.3, -0.25) is 9.59 Å². The second-order valence-electron chi connectivity index (χ2n) is 9.03. The SMILES string of the molecule is COCCN1C(=O)c2ccccc2[C@H](C(=O)N2CCN(c3cccc(OC)c3)CC2)[C@H]1c1cccs1. The summed E-state index contributed by atoms with van der Waals surface area (Å²) in [6.45, 7) is 3.57. The van der Waals surface area contributed by atoms with Crippen molar-refractivity contribution < 1.29 is 19.1 Å². The lowest BCUT2D eigenvalue weighted by Crippen LogP contribution is -2.53. The van der Waals surface area contributed by atoms with Gasteiger partial charge in [0.2, 0.25) is 5.91 Å². The molecule has 2 amide bonds. The van der Waals surface area contributed by atoms with Gasteiger partial charge >= 0.3 is 0 Å². The fraction of sp³-hybridized carbons (Fsp3) is 0.357. The van der Waals surface area contributed by atoms with Gasteiger partial charge in [-0.05, 0) is 35.2 Å². The number of fused-ring (bicyclic) bond motifs is 1. The molecule has 8 heteroatoms. The molecule has 5 rings (SSSR count). The van der Waals surface area contributed by atoms with Crippen LogP contribution in [0.2, 0.25) is 0 Å². The molecular weight excluding hydrogens is 474 g/mol. The minimum absolute atomic E-state index is 0.0482. The zero-order chi connectivity index (χ0) is 25.1. The van der Waals surface area contributed by atoms with Gasteiger partial charge in [0.15, 0.2) is 0 Å². The maximum Gasteiger partial charge on any atom is 0.254 e. The largest absolute Gasteiger partial charge is 0.497 e. The normalized spacial score (nSPS) is 19.8. The summed E-state index contributed by atoms with van der Waals surface area (Å²) < 4.78 is 10.7. The van der Waals surface area contributed by atoms with E-state index in [4.69, 9.17) is 9.47 Å². The Hall–Kier alpha value is -3.36. The van der Waals surface area contributed by atoms with E-state index < -0.39 is 5.92 Å². The van der Waals surface area contributed by atoms with Crippen LogP contribution in [0.4, 0.5) is 5.69 Å². The summed E-state index contributed by atoms with van der Waals surface area (Å²) in [4.78, 5) is 34.9. The summed E-state index contributed by atoms with van der Waals surface area (Å²) in [5.74, 6) is 0.385.